The Labute approximate surface area is 100 Å². The number of benzene rings is 1. The molecule has 1 aromatic carbocycles. The lowest BCUT2D eigenvalue weighted by Crippen LogP contribution is -2.54. The molecule has 0 saturated heterocycles. The zero-order valence-corrected chi connectivity index (χ0v) is 9.68. The molecular formula is C12H16N4O. The fourth-order valence-corrected chi connectivity index (χ4v) is 1.72. The van der Waals surface area contributed by atoms with Crippen LogP contribution in [-0.2, 0) is 6.42 Å². The molecule has 0 aromatic heterocycles. The number of hydrogen-bond donors (Lipinski definition) is 3. The van der Waals surface area contributed by atoms with Gasteiger partial charge in [0.25, 0.3) is 0 Å². The van der Waals surface area contributed by atoms with Crippen molar-refractivity contribution in [2.75, 3.05) is 7.11 Å². The predicted octanol–water partition coefficient (Wildman–Crippen LogP) is 0.324. The smallest absolute Gasteiger partial charge is 0.188 e. The van der Waals surface area contributed by atoms with Crippen LogP contribution in [0, 0.1) is 0 Å². The first kappa shape index (κ1) is 11.5. The van der Waals surface area contributed by atoms with Gasteiger partial charge in [0.1, 0.15) is 11.6 Å². The summed E-state index contributed by atoms with van der Waals surface area (Å²) in [6.07, 6.45) is 3.95. The minimum Gasteiger partial charge on any atom is -0.497 e. The van der Waals surface area contributed by atoms with E-state index in [-0.39, 0.29) is 0 Å². The molecule has 17 heavy (non-hydrogen) atoms. The van der Waals surface area contributed by atoms with Crippen molar-refractivity contribution in [3.05, 3.63) is 42.1 Å². The molecule has 5 nitrogen and oxygen atoms in total. The molecule has 1 unspecified atom stereocenters. The minimum absolute atomic E-state index is 0.430. The largest absolute Gasteiger partial charge is 0.497 e. The van der Waals surface area contributed by atoms with Crippen molar-refractivity contribution in [2.45, 2.75) is 12.2 Å². The summed E-state index contributed by atoms with van der Waals surface area (Å²) in [6, 6.07) is 7.70. The average Bonchev–Trinajstić information content (AvgIpc) is 2.29. The second-order valence-electron chi connectivity index (χ2n) is 3.96. The maximum atomic E-state index is 6.09. The molecule has 1 aromatic rings. The number of hydrogen-bond acceptors (Lipinski definition) is 5. The van der Waals surface area contributed by atoms with E-state index in [2.05, 4.69) is 10.3 Å². The van der Waals surface area contributed by atoms with E-state index < -0.39 is 5.79 Å². The number of aliphatic imine (C=N–C) groups is 1. The van der Waals surface area contributed by atoms with Crippen LogP contribution in [0.1, 0.15) is 5.56 Å². The van der Waals surface area contributed by atoms with E-state index in [4.69, 9.17) is 16.2 Å². The molecule has 1 atom stereocenters. The highest BCUT2D eigenvalue weighted by Crippen LogP contribution is 2.16. The summed E-state index contributed by atoms with van der Waals surface area (Å²) >= 11 is 0. The van der Waals surface area contributed by atoms with E-state index in [0.29, 0.717) is 12.3 Å². The van der Waals surface area contributed by atoms with Gasteiger partial charge in [0.15, 0.2) is 5.79 Å². The van der Waals surface area contributed by atoms with Gasteiger partial charge in [-0.1, -0.05) is 12.1 Å². The van der Waals surface area contributed by atoms with Crippen molar-refractivity contribution >= 4 is 5.84 Å². The molecule has 1 heterocycles. The van der Waals surface area contributed by atoms with E-state index in [0.717, 1.165) is 11.3 Å². The summed E-state index contributed by atoms with van der Waals surface area (Å²) in [7, 11) is 1.64. The number of amidine groups is 1. The van der Waals surface area contributed by atoms with Gasteiger partial charge >= 0.3 is 0 Å². The first-order valence-corrected chi connectivity index (χ1v) is 5.33. The Morgan fingerprint density at radius 1 is 1.35 bits per heavy atom. The van der Waals surface area contributed by atoms with Gasteiger partial charge in [-0.25, -0.2) is 4.99 Å². The molecular weight excluding hydrogens is 216 g/mol. The molecule has 1 aliphatic heterocycles. The first-order valence-electron chi connectivity index (χ1n) is 5.33. The van der Waals surface area contributed by atoms with Gasteiger partial charge < -0.3 is 15.8 Å². The van der Waals surface area contributed by atoms with Crippen LogP contribution in [0.25, 0.3) is 0 Å². The van der Waals surface area contributed by atoms with Crippen LogP contribution in [0.5, 0.6) is 5.75 Å². The molecule has 0 bridgehead atoms. The summed E-state index contributed by atoms with van der Waals surface area (Å²) in [5, 5.41) is 3.00. The fraction of sp³-hybridized carbons (Fsp3) is 0.250. The van der Waals surface area contributed by atoms with Crippen LogP contribution in [0.3, 0.4) is 0 Å². The first-order chi connectivity index (χ1) is 8.11. The molecule has 90 valence electrons. The molecule has 0 radical (unpaired) electrons. The third kappa shape index (κ3) is 2.76. The topological polar surface area (TPSA) is 85.7 Å². The normalized spacial score (nSPS) is 22.8. The zero-order chi connectivity index (χ0) is 12.3. The summed E-state index contributed by atoms with van der Waals surface area (Å²) in [6.45, 7) is 0. The predicted molar refractivity (Wildman–Crippen MR) is 67.5 cm³/mol. The van der Waals surface area contributed by atoms with Crippen molar-refractivity contribution in [3.63, 3.8) is 0 Å². The lowest BCUT2D eigenvalue weighted by molar-refractivity contribution is 0.389. The Balaban J connectivity index is 2.12. The highest BCUT2D eigenvalue weighted by molar-refractivity contribution is 5.92. The Morgan fingerprint density at radius 2 is 2.06 bits per heavy atom. The Kier molecular flexibility index (Phi) is 3.01. The van der Waals surface area contributed by atoms with Crippen molar-refractivity contribution in [2.24, 2.45) is 16.5 Å². The van der Waals surface area contributed by atoms with Crippen molar-refractivity contribution in [1.29, 1.82) is 0 Å². The summed E-state index contributed by atoms with van der Waals surface area (Å²) in [5.74, 6) is 0.382. The second kappa shape index (κ2) is 4.47. The van der Waals surface area contributed by atoms with Crippen molar-refractivity contribution < 1.29 is 4.74 Å². The Morgan fingerprint density at radius 3 is 2.65 bits per heavy atom. The van der Waals surface area contributed by atoms with Gasteiger partial charge in [0.2, 0.25) is 0 Å². The van der Waals surface area contributed by atoms with Gasteiger partial charge in [-0.05, 0) is 23.8 Å². The van der Waals surface area contributed by atoms with Gasteiger partial charge in [0.05, 0.1) is 7.11 Å². The average molecular weight is 232 g/mol. The van der Waals surface area contributed by atoms with Gasteiger partial charge in [0, 0.05) is 12.6 Å². The van der Waals surface area contributed by atoms with E-state index >= 15 is 0 Å². The number of nitrogens with zero attached hydrogens (tertiary/aromatic N) is 1. The summed E-state index contributed by atoms with van der Waals surface area (Å²) in [4.78, 5) is 4.20. The molecule has 0 spiro atoms. The summed E-state index contributed by atoms with van der Waals surface area (Å²) < 4.78 is 5.10. The van der Waals surface area contributed by atoms with Crippen LogP contribution in [0.15, 0.2) is 41.5 Å². The van der Waals surface area contributed by atoms with E-state index in [1.807, 2.05) is 24.3 Å². The zero-order valence-electron chi connectivity index (χ0n) is 9.68. The molecule has 0 aliphatic carbocycles. The molecule has 0 amide bonds. The number of nitrogens with two attached hydrogens (primary N) is 2. The van der Waals surface area contributed by atoms with E-state index in [9.17, 15) is 0 Å². The van der Waals surface area contributed by atoms with Crippen LogP contribution in [0.4, 0.5) is 0 Å². The summed E-state index contributed by atoms with van der Waals surface area (Å²) in [5.41, 5.74) is 12.8. The molecule has 5 heteroatoms. The number of rotatable bonds is 3. The SMILES string of the molecule is COc1ccc(CC2(N)N=C(N)C=CN2)cc1. The van der Waals surface area contributed by atoms with E-state index in [1.165, 1.54) is 0 Å². The van der Waals surface area contributed by atoms with Crippen LogP contribution in [0.2, 0.25) is 0 Å². The third-order valence-corrected chi connectivity index (χ3v) is 2.55. The molecule has 0 saturated carbocycles. The van der Waals surface area contributed by atoms with Crippen molar-refractivity contribution in [1.82, 2.24) is 5.32 Å². The third-order valence-electron chi connectivity index (χ3n) is 2.55. The number of methoxy groups -OCH3 is 1. The quantitative estimate of drug-likeness (QED) is 0.700. The monoisotopic (exact) mass is 232 g/mol. The van der Waals surface area contributed by atoms with Crippen molar-refractivity contribution in [3.8, 4) is 5.75 Å². The lowest BCUT2D eigenvalue weighted by atomic mass is 10.1. The van der Waals surface area contributed by atoms with Gasteiger partial charge in [-0.3, -0.25) is 5.73 Å². The molecule has 5 N–H and O–H groups in total. The standard InChI is InChI=1S/C12H16N4O/c1-17-10-4-2-9(3-5-10)8-12(14)15-7-6-11(13)16-12/h2-7,15H,8,14H2,1H3,(H2,13,16). The van der Waals surface area contributed by atoms with Crippen LogP contribution < -0.4 is 21.5 Å². The van der Waals surface area contributed by atoms with E-state index in [1.54, 1.807) is 19.4 Å². The Bertz CT molecular complexity index is 452. The van der Waals surface area contributed by atoms with Crippen LogP contribution in [-0.4, -0.2) is 18.7 Å². The highest BCUT2D eigenvalue weighted by Gasteiger charge is 2.24. The molecule has 2 rings (SSSR count). The lowest BCUT2D eigenvalue weighted by Gasteiger charge is -2.28. The highest BCUT2D eigenvalue weighted by atomic mass is 16.5. The number of nitrogens with one attached hydrogen (secondary N) is 1. The van der Waals surface area contributed by atoms with Gasteiger partial charge in [-0.2, -0.15) is 0 Å². The second-order valence-corrected chi connectivity index (χ2v) is 3.96. The van der Waals surface area contributed by atoms with Crippen LogP contribution >= 0.6 is 0 Å². The maximum absolute atomic E-state index is 6.09. The maximum Gasteiger partial charge on any atom is 0.188 e. The van der Waals surface area contributed by atoms with Gasteiger partial charge in [-0.15, -0.1) is 0 Å². The number of ether oxygens (including phenoxy) is 1. The molecule has 0 fully saturated rings. The Hall–Kier alpha value is -2.01. The fourth-order valence-electron chi connectivity index (χ4n) is 1.72. The molecule has 1 aliphatic rings. The minimum atomic E-state index is -0.868.